The van der Waals surface area contributed by atoms with Gasteiger partial charge in [0.2, 0.25) is 0 Å². The molecule has 1 aromatic carbocycles. The van der Waals surface area contributed by atoms with Gasteiger partial charge in [0.05, 0.1) is 17.6 Å². The van der Waals surface area contributed by atoms with Crippen LogP contribution < -0.4 is 10.6 Å². The van der Waals surface area contributed by atoms with Crippen LogP contribution in [0.3, 0.4) is 0 Å². The van der Waals surface area contributed by atoms with Crippen LogP contribution in [0.15, 0.2) is 18.2 Å². The first-order valence-corrected chi connectivity index (χ1v) is 8.39. The van der Waals surface area contributed by atoms with Crippen molar-refractivity contribution in [1.82, 2.24) is 5.32 Å². The number of nitro groups is 1. The predicted molar refractivity (Wildman–Crippen MR) is 92.2 cm³/mol. The van der Waals surface area contributed by atoms with Gasteiger partial charge in [0, 0.05) is 23.9 Å². The molecule has 1 fully saturated rings. The van der Waals surface area contributed by atoms with Gasteiger partial charge in [-0.15, -0.1) is 0 Å². The van der Waals surface area contributed by atoms with E-state index in [0.717, 1.165) is 6.42 Å². The molecule has 0 aromatic heterocycles. The molecule has 132 valence electrons. The lowest BCUT2D eigenvalue weighted by molar-refractivity contribution is -0.385. The first-order valence-electron chi connectivity index (χ1n) is 8.39. The second-order valence-corrected chi connectivity index (χ2v) is 6.31. The molecule has 0 bridgehead atoms. The number of hydrogen-bond donors (Lipinski definition) is 2. The summed E-state index contributed by atoms with van der Waals surface area (Å²) >= 11 is 0. The number of nitrogens with zero attached hydrogens (tertiary/aromatic N) is 1. The van der Waals surface area contributed by atoms with Crippen LogP contribution in [0.1, 0.15) is 38.2 Å². The lowest BCUT2D eigenvalue weighted by Crippen LogP contribution is -2.34. The van der Waals surface area contributed by atoms with Crippen molar-refractivity contribution < 1.29 is 14.5 Å². The molecule has 0 saturated heterocycles. The molecule has 0 radical (unpaired) electrons. The maximum Gasteiger partial charge on any atom is 0.319 e. The molecule has 2 atom stereocenters. The Balaban J connectivity index is 1.71. The summed E-state index contributed by atoms with van der Waals surface area (Å²) in [5.74, 6) is 0.579. The lowest BCUT2D eigenvalue weighted by atomic mass is 9.88. The second-order valence-electron chi connectivity index (χ2n) is 6.31. The number of nitro benzene ring substituents is 1. The third-order valence-corrected chi connectivity index (χ3v) is 4.40. The highest BCUT2D eigenvalue weighted by Crippen LogP contribution is 2.26. The molecule has 7 heteroatoms. The van der Waals surface area contributed by atoms with E-state index in [9.17, 15) is 14.9 Å². The summed E-state index contributed by atoms with van der Waals surface area (Å²) in [4.78, 5) is 22.2. The van der Waals surface area contributed by atoms with E-state index < -0.39 is 4.92 Å². The number of anilines is 1. The first-order chi connectivity index (χ1) is 11.5. The molecule has 0 aliphatic heterocycles. The van der Waals surface area contributed by atoms with E-state index in [2.05, 4.69) is 17.6 Å². The molecule has 0 spiro atoms. The van der Waals surface area contributed by atoms with E-state index in [1.54, 1.807) is 13.0 Å². The van der Waals surface area contributed by atoms with Crippen molar-refractivity contribution in [3.8, 4) is 0 Å². The van der Waals surface area contributed by atoms with Crippen LogP contribution in [0, 0.1) is 23.0 Å². The van der Waals surface area contributed by atoms with Crippen LogP contribution in [0.25, 0.3) is 0 Å². The number of carbonyl (C=O) groups is 1. The fraction of sp³-hybridized carbons (Fsp3) is 0.588. The number of ether oxygens (including phenoxy) is 1. The predicted octanol–water partition coefficient (Wildman–Crippen LogP) is 3.62. The van der Waals surface area contributed by atoms with Gasteiger partial charge in [-0.1, -0.05) is 19.8 Å². The lowest BCUT2D eigenvalue weighted by Gasteiger charge is -2.28. The Bertz CT molecular complexity index is 591. The van der Waals surface area contributed by atoms with Crippen LogP contribution >= 0.6 is 0 Å². The summed E-state index contributed by atoms with van der Waals surface area (Å²) in [6.07, 6.45) is 5.08. The summed E-state index contributed by atoms with van der Waals surface area (Å²) in [6.45, 7) is 4.77. The Morgan fingerprint density at radius 1 is 1.38 bits per heavy atom. The number of urea groups is 1. The van der Waals surface area contributed by atoms with Crippen LogP contribution in [0.5, 0.6) is 0 Å². The second kappa shape index (κ2) is 8.63. The molecule has 1 aromatic rings. The average Bonchev–Trinajstić information content (AvgIpc) is 2.53. The number of aryl methyl sites for hydroxylation is 1. The standard InChI is InChI=1S/C17H25N3O4/c1-12-5-3-4-6-16(12)24-10-9-18-17(21)19-14-7-8-15(20(22)23)13(2)11-14/h7-8,11-12,16H,3-6,9-10H2,1-2H3,(H2,18,19,21). The molecular weight excluding hydrogens is 310 g/mol. The Hall–Kier alpha value is -2.15. The van der Waals surface area contributed by atoms with E-state index in [-0.39, 0.29) is 11.7 Å². The molecule has 2 unspecified atom stereocenters. The largest absolute Gasteiger partial charge is 0.376 e. The van der Waals surface area contributed by atoms with Crippen LogP contribution in [-0.4, -0.2) is 30.2 Å². The molecule has 2 amide bonds. The SMILES string of the molecule is Cc1cc(NC(=O)NCCOC2CCCCC2C)ccc1[N+](=O)[O-]. The fourth-order valence-electron chi connectivity index (χ4n) is 3.02. The quantitative estimate of drug-likeness (QED) is 0.472. The van der Waals surface area contributed by atoms with Crippen LogP contribution in [-0.2, 0) is 4.74 Å². The summed E-state index contributed by atoms with van der Waals surface area (Å²) in [5, 5.41) is 16.2. The van der Waals surface area contributed by atoms with Crippen molar-refractivity contribution in [2.75, 3.05) is 18.5 Å². The van der Waals surface area contributed by atoms with E-state index in [0.29, 0.717) is 36.4 Å². The zero-order valence-electron chi connectivity index (χ0n) is 14.2. The molecule has 2 N–H and O–H groups in total. The summed E-state index contributed by atoms with van der Waals surface area (Å²) in [7, 11) is 0. The highest BCUT2D eigenvalue weighted by Gasteiger charge is 2.21. The Labute approximate surface area is 141 Å². The number of amides is 2. The summed E-state index contributed by atoms with van der Waals surface area (Å²) < 4.78 is 5.84. The molecule has 1 aliphatic rings. The van der Waals surface area contributed by atoms with Crippen molar-refractivity contribution in [2.45, 2.75) is 45.6 Å². The van der Waals surface area contributed by atoms with Crippen molar-refractivity contribution in [1.29, 1.82) is 0 Å². The third kappa shape index (κ3) is 5.19. The van der Waals surface area contributed by atoms with E-state index in [1.807, 2.05) is 0 Å². The average molecular weight is 335 g/mol. The minimum absolute atomic E-state index is 0.0379. The number of hydrogen-bond acceptors (Lipinski definition) is 4. The van der Waals surface area contributed by atoms with Gasteiger partial charge in [-0.05, 0) is 37.8 Å². The Morgan fingerprint density at radius 2 is 2.12 bits per heavy atom. The van der Waals surface area contributed by atoms with Gasteiger partial charge in [-0.2, -0.15) is 0 Å². The topological polar surface area (TPSA) is 93.5 Å². The Morgan fingerprint density at radius 3 is 2.79 bits per heavy atom. The fourth-order valence-corrected chi connectivity index (χ4v) is 3.02. The van der Waals surface area contributed by atoms with Crippen molar-refractivity contribution in [2.24, 2.45) is 5.92 Å². The highest BCUT2D eigenvalue weighted by atomic mass is 16.6. The van der Waals surface area contributed by atoms with Crippen molar-refractivity contribution in [3.05, 3.63) is 33.9 Å². The zero-order chi connectivity index (χ0) is 17.5. The van der Waals surface area contributed by atoms with E-state index in [1.165, 1.54) is 31.4 Å². The van der Waals surface area contributed by atoms with Gasteiger partial charge < -0.3 is 15.4 Å². The molecule has 2 rings (SSSR count). The van der Waals surface area contributed by atoms with E-state index in [4.69, 9.17) is 4.74 Å². The van der Waals surface area contributed by atoms with Crippen molar-refractivity contribution in [3.63, 3.8) is 0 Å². The minimum Gasteiger partial charge on any atom is -0.376 e. The van der Waals surface area contributed by atoms with Gasteiger partial charge in [0.1, 0.15) is 0 Å². The summed E-state index contributed by atoms with van der Waals surface area (Å²) in [6, 6.07) is 4.14. The molecular formula is C17H25N3O4. The third-order valence-electron chi connectivity index (χ3n) is 4.40. The number of benzene rings is 1. The first kappa shape index (κ1) is 18.2. The molecule has 0 heterocycles. The monoisotopic (exact) mass is 335 g/mol. The highest BCUT2D eigenvalue weighted by molar-refractivity contribution is 5.89. The minimum atomic E-state index is -0.442. The van der Waals surface area contributed by atoms with Gasteiger partial charge >= 0.3 is 6.03 Å². The molecule has 24 heavy (non-hydrogen) atoms. The smallest absolute Gasteiger partial charge is 0.319 e. The number of carbonyl (C=O) groups excluding carboxylic acids is 1. The number of nitrogens with one attached hydrogen (secondary N) is 2. The maximum absolute atomic E-state index is 11.8. The van der Waals surface area contributed by atoms with E-state index >= 15 is 0 Å². The van der Waals surface area contributed by atoms with Crippen LogP contribution in [0.2, 0.25) is 0 Å². The van der Waals surface area contributed by atoms with Crippen LogP contribution in [0.4, 0.5) is 16.2 Å². The zero-order valence-corrected chi connectivity index (χ0v) is 14.2. The van der Waals surface area contributed by atoms with Gasteiger partial charge in [-0.3, -0.25) is 10.1 Å². The summed E-state index contributed by atoms with van der Waals surface area (Å²) in [5.41, 5.74) is 1.07. The van der Waals surface area contributed by atoms with Gasteiger partial charge in [0.15, 0.2) is 0 Å². The normalized spacial score (nSPS) is 20.4. The van der Waals surface area contributed by atoms with Gasteiger partial charge in [0.25, 0.3) is 5.69 Å². The Kier molecular flexibility index (Phi) is 6.54. The maximum atomic E-state index is 11.8. The molecule has 7 nitrogen and oxygen atoms in total. The van der Waals surface area contributed by atoms with Crippen molar-refractivity contribution >= 4 is 17.4 Å². The molecule has 1 saturated carbocycles. The molecule has 1 aliphatic carbocycles. The number of rotatable bonds is 6. The van der Waals surface area contributed by atoms with Gasteiger partial charge in [-0.25, -0.2) is 4.79 Å².